The molecule has 3 aromatic rings. The van der Waals surface area contributed by atoms with Crippen LogP contribution in [0.3, 0.4) is 0 Å². The number of unbranched alkanes of at least 4 members (excludes halogenated alkanes) is 2. The summed E-state index contributed by atoms with van der Waals surface area (Å²) in [4.78, 5) is 37.6. The molecule has 0 radical (unpaired) electrons. The van der Waals surface area contributed by atoms with E-state index in [4.69, 9.17) is 10.3 Å². The largest absolute Gasteiger partial charge is 0.423 e. The molecule has 0 aliphatic heterocycles. The molecule has 0 bridgehead atoms. The molecule has 4 N–H and O–H groups in total. The van der Waals surface area contributed by atoms with Crippen LogP contribution in [-0.4, -0.2) is 16.8 Å². The Labute approximate surface area is 174 Å². The third kappa shape index (κ3) is 6.82. The Morgan fingerprint density at radius 3 is 2.50 bits per heavy atom. The summed E-state index contributed by atoms with van der Waals surface area (Å²) in [6.45, 7) is 3.97. The highest BCUT2D eigenvalue weighted by Gasteiger charge is 2.06. The number of carbonyl (C=O) groups is 2. The predicted octanol–water partition coefficient (Wildman–Crippen LogP) is 3.31. The van der Waals surface area contributed by atoms with Crippen molar-refractivity contribution in [1.82, 2.24) is 10.4 Å². The van der Waals surface area contributed by atoms with E-state index in [1.807, 2.05) is 24.5 Å². The lowest BCUT2D eigenvalue weighted by Crippen LogP contribution is -2.29. The van der Waals surface area contributed by atoms with Crippen LogP contribution in [0.2, 0.25) is 0 Å². The molecule has 0 unspecified atom stereocenters. The maximum atomic E-state index is 11.8. The minimum Gasteiger partial charge on any atom is -0.423 e. The van der Waals surface area contributed by atoms with Gasteiger partial charge in [0.15, 0.2) is 0 Å². The Bertz CT molecular complexity index is 1050. The number of anilines is 1. The Balaban J connectivity index is 0.000000269. The van der Waals surface area contributed by atoms with Crippen molar-refractivity contribution in [2.75, 3.05) is 5.32 Å². The molecule has 8 heteroatoms. The normalized spacial score (nSPS) is 10.1. The maximum absolute atomic E-state index is 11.8. The number of hydrogen-bond donors (Lipinski definition) is 3. The third-order valence-electron chi connectivity index (χ3n) is 4.32. The second kappa shape index (κ2) is 11.5. The number of aromatic nitrogens is 1. The molecule has 8 nitrogen and oxygen atoms in total. The van der Waals surface area contributed by atoms with Gasteiger partial charge in [0.1, 0.15) is 5.58 Å². The molecule has 0 fully saturated rings. The van der Waals surface area contributed by atoms with Gasteiger partial charge in [0, 0.05) is 47.6 Å². The zero-order valence-electron chi connectivity index (χ0n) is 17.1. The van der Waals surface area contributed by atoms with Gasteiger partial charge >= 0.3 is 5.63 Å². The number of carbonyl (C=O) groups excluding carboxylic acids is 2. The first-order valence-electron chi connectivity index (χ1n) is 9.70. The molecule has 2 amide bonds. The molecule has 3 rings (SSSR count). The van der Waals surface area contributed by atoms with Crippen molar-refractivity contribution in [2.24, 2.45) is 5.84 Å². The summed E-state index contributed by atoms with van der Waals surface area (Å²) in [6, 6.07) is 10.0. The Kier molecular flexibility index (Phi) is 8.71. The zero-order valence-corrected chi connectivity index (χ0v) is 17.1. The lowest BCUT2D eigenvalue weighted by Gasteiger charge is -2.06. The molecule has 0 saturated heterocycles. The van der Waals surface area contributed by atoms with E-state index in [1.54, 1.807) is 18.2 Å². The SMILES string of the molecule is CCCCCC(=O)Nc1ccc2c(C)cc(=O)oc2c1.NNC(=O)c1ccncc1. The molecule has 2 aromatic heterocycles. The van der Waals surface area contributed by atoms with Crippen LogP contribution < -0.4 is 22.2 Å². The summed E-state index contributed by atoms with van der Waals surface area (Å²) in [5.41, 5.74) is 4.19. The topological polar surface area (TPSA) is 127 Å². The van der Waals surface area contributed by atoms with Crippen molar-refractivity contribution in [3.8, 4) is 0 Å². The van der Waals surface area contributed by atoms with Crippen molar-refractivity contribution >= 4 is 28.5 Å². The van der Waals surface area contributed by atoms with Crippen LogP contribution in [0.25, 0.3) is 11.0 Å². The number of rotatable bonds is 6. The first-order chi connectivity index (χ1) is 14.4. The van der Waals surface area contributed by atoms with Crippen LogP contribution in [0, 0.1) is 6.92 Å². The second-order valence-corrected chi connectivity index (χ2v) is 6.67. The van der Waals surface area contributed by atoms with Crippen LogP contribution in [0.4, 0.5) is 5.69 Å². The molecule has 0 aliphatic carbocycles. The number of amides is 2. The summed E-state index contributed by atoms with van der Waals surface area (Å²) >= 11 is 0. The fraction of sp³-hybridized carbons (Fsp3) is 0.273. The number of fused-ring (bicyclic) bond motifs is 1. The van der Waals surface area contributed by atoms with Gasteiger partial charge in [-0.15, -0.1) is 0 Å². The summed E-state index contributed by atoms with van der Waals surface area (Å²) in [7, 11) is 0. The van der Waals surface area contributed by atoms with Crippen LogP contribution >= 0.6 is 0 Å². The number of hydrogen-bond acceptors (Lipinski definition) is 6. The number of nitrogen functional groups attached to an aromatic ring is 1. The molecule has 158 valence electrons. The van der Waals surface area contributed by atoms with Gasteiger partial charge < -0.3 is 9.73 Å². The lowest BCUT2D eigenvalue weighted by molar-refractivity contribution is -0.116. The molecular weight excluding hydrogens is 384 g/mol. The average molecular weight is 410 g/mol. The minimum atomic E-state index is -0.374. The van der Waals surface area contributed by atoms with Crippen LogP contribution in [0.1, 0.15) is 48.5 Å². The van der Waals surface area contributed by atoms with E-state index in [0.29, 0.717) is 23.3 Å². The van der Waals surface area contributed by atoms with E-state index >= 15 is 0 Å². The summed E-state index contributed by atoms with van der Waals surface area (Å²) in [6.07, 6.45) is 6.62. The predicted molar refractivity (Wildman–Crippen MR) is 116 cm³/mol. The number of nitrogens with zero attached hydrogens (tertiary/aromatic N) is 1. The van der Waals surface area contributed by atoms with Crippen molar-refractivity contribution in [3.05, 3.63) is 70.3 Å². The van der Waals surface area contributed by atoms with Gasteiger partial charge in [-0.2, -0.15) is 0 Å². The maximum Gasteiger partial charge on any atom is 0.336 e. The fourth-order valence-electron chi connectivity index (χ4n) is 2.75. The lowest BCUT2D eigenvalue weighted by atomic mass is 10.1. The molecule has 0 atom stereocenters. The molecular formula is C22H26N4O4. The smallest absolute Gasteiger partial charge is 0.336 e. The van der Waals surface area contributed by atoms with Crippen LogP contribution in [0.15, 0.2) is 58.0 Å². The number of aryl methyl sites for hydroxylation is 1. The molecule has 30 heavy (non-hydrogen) atoms. The van der Waals surface area contributed by atoms with Crippen molar-refractivity contribution in [2.45, 2.75) is 39.5 Å². The van der Waals surface area contributed by atoms with E-state index in [9.17, 15) is 14.4 Å². The van der Waals surface area contributed by atoms with E-state index in [0.717, 1.165) is 30.2 Å². The van der Waals surface area contributed by atoms with Crippen molar-refractivity contribution < 1.29 is 14.0 Å². The van der Waals surface area contributed by atoms with Gasteiger partial charge in [-0.3, -0.25) is 20.0 Å². The number of hydrazine groups is 1. The highest BCUT2D eigenvalue weighted by molar-refractivity contribution is 5.94. The first kappa shape index (κ1) is 22.8. The van der Waals surface area contributed by atoms with Crippen LogP contribution in [0.5, 0.6) is 0 Å². The molecule has 1 aromatic carbocycles. The molecule has 0 saturated carbocycles. The summed E-state index contributed by atoms with van der Waals surface area (Å²) in [5.74, 6) is 4.57. The molecule has 0 spiro atoms. The van der Waals surface area contributed by atoms with Gasteiger partial charge in [0.25, 0.3) is 5.91 Å². The minimum absolute atomic E-state index is 0.00667. The standard InChI is InChI=1S/C16H19NO3.C6H7N3O/c1-3-4-5-6-15(18)17-12-7-8-13-11(2)9-16(19)20-14(13)10-12;7-9-6(10)5-1-3-8-4-2-5/h7-10H,3-6H2,1-2H3,(H,17,18);1-4H,7H2,(H,9,10). The molecule has 2 heterocycles. The number of nitrogens with two attached hydrogens (primary N) is 1. The summed E-state index contributed by atoms with van der Waals surface area (Å²) in [5, 5.41) is 3.71. The van der Waals surface area contributed by atoms with Gasteiger partial charge in [-0.25, -0.2) is 10.6 Å². The van der Waals surface area contributed by atoms with Crippen LogP contribution in [-0.2, 0) is 4.79 Å². The van der Waals surface area contributed by atoms with E-state index in [1.165, 1.54) is 18.5 Å². The van der Waals surface area contributed by atoms with Crippen molar-refractivity contribution in [1.29, 1.82) is 0 Å². The van der Waals surface area contributed by atoms with E-state index in [-0.39, 0.29) is 17.4 Å². The zero-order chi connectivity index (χ0) is 21.9. The quantitative estimate of drug-likeness (QED) is 0.188. The third-order valence-corrected chi connectivity index (χ3v) is 4.32. The highest BCUT2D eigenvalue weighted by atomic mass is 16.4. The number of pyridine rings is 1. The highest BCUT2D eigenvalue weighted by Crippen LogP contribution is 2.21. The number of nitrogens with one attached hydrogen (secondary N) is 2. The Hall–Kier alpha value is -3.52. The van der Waals surface area contributed by atoms with Gasteiger partial charge in [0.05, 0.1) is 0 Å². The van der Waals surface area contributed by atoms with E-state index < -0.39 is 0 Å². The monoisotopic (exact) mass is 410 g/mol. The first-order valence-corrected chi connectivity index (χ1v) is 9.70. The summed E-state index contributed by atoms with van der Waals surface area (Å²) < 4.78 is 5.16. The van der Waals surface area contributed by atoms with Gasteiger partial charge in [0.2, 0.25) is 5.91 Å². The van der Waals surface area contributed by atoms with Gasteiger partial charge in [-0.05, 0) is 43.2 Å². The second-order valence-electron chi connectivity index (χ2n) is 6.67. The molecule has 0 aliphatic rings. The fourth-order valence-corrected chi connectivity index (χ4v) is 2.75. The van der Waals surface area contributed by atoms with E-state index in [2.05, 4.69) is 17.2 Å². The Morgan fingerprint density at radius 2 is 1.83 bits per heavy atom. The Morgan fingerprint density at radius 1 is 1.10 bits per heavy atom. The van der Waals surface area contributed by atoms with Crippen molar-refractivity contribution in [3.63, 3.8) is 0 Å². The number of benzene rings is 1. The van der Waals surface area contributed by atoms with Gasteiger partial charge in [-0.1, -0.05) is 19.8 Å². The average Bonchev–Trinajstić information content (AvgIpc) is 2.74.